The summed E-state index contributed by atoms with van der Waals surface area (Å²) in [4.78, 5) is 27.0. The zero-order chi connectivity index (χ0) is 20.0. The van der Waals surface area contributed by atoms with Gasteiger partial charge in [0.2, 0.25) is 0 Å². The van der Waals surface area contributed by atoms with Crippen LogP contribution in [0.5, 0.6) is 0 Å². The molecule has 7 heteroatoms. The highest BCUT2D eigenvalue weighted by molar-refractivity contribution is 5.91. The molecule has 0 aliphatic rings. The maximum Gasteiger partial charge on any atom is 0.280 e. The number of hydrogen-bond donors (Lipinski definition) is 2. The first-order chi connectivity index (χ1) is 12.8. The van der Waals surface area contributed by atoms with E-state index < -0.39 is 6.04 Å². The first-order valence-corrected chi connectivity index (χ1v) is 8.63. The van der Waals surface area contributed by atoms with Gasteiger partial charge in [-0.25, -0.2) is 8.78 Å². The Morgan fingerprint density at radius 2 is 1.78 bits per heavy atom. The maximum atomic E-state index is 13.3. The maximum absolute atomic E-state index is 13.3. The predicted octanol–water partition coefficient (Wildman–Crippen LogP) is 1.47. The fraction of sp³-hybridized carbons (Fsp3) is 0.300. The molecular weight excluding hydrogens is 352 g/mol. The van der Waals surface area contributed by atoms with Gasteiger partial charge in [0, 0.05) is 19.3 Å². The van der Waals surface area contributed by atoms with E-state index in [1.165, 1.54) is 41.3 Å². The van der Waals surface area contributed by atoms with Crippen molar-refractivity contribution < 1.29 is 23.3 Å². The highest BCUT2D eigenvalue weighted by atomic mass is 19.1. The molecule has 0 aromatic heterocycles. The summed E-state index contributed by atoms with van der Waals surface area (Å²) in [5, 5.41) is 2.68. The number of carbonyl (C=O) groups is 2. The van der Waals surface area contributed by atoms with Crippen LogP contribution in [0.2, 0.25) is 0 Å². The van der Waals surface area contributed by atoms with Crippen molar-refractivity contribution in [2.75, 3.05) is 26.0 Å². The number of hydrogen-bond acceptors (Lipinski definition) is 2. The molecule has 2 aromatic rings. The van der Waals surface area contributed by atoms with E-state index in [2.05, 4.69) is 5.32 Å². The Hall–Kier alpha value is -2.80. The molecule has 27 heavy (non-hydrogen) atoms. The standard InChI is InChI=1S/C20H23F2N3O2/c1-14(20(27)25(3)12-15-5-4-6-17(22)11-15)24(2)13-19(26)23-18-9-7-16(21)8-10-18/h4-11,14H,12-13H2,1-3H3,(H,23,26)/p+1/t14-/m1/s1. The first-order valence-electron chi connectivity index (χ1n) is 8.63. The number of likely N-dealkylation sites (N-methyl/N-ethyl adjacent to an activating group) is 2. The summed E-state index contributed by atoms with van der Waals surface area (Å²) in [5.41, 5.74) is 1.20. The van der Waals surface area contributed by atoms with Crippen LogP contribution in [-0.2, 0) is 16.1 Å². The lowest BCUT2D eigenvalue weighted by Crippen LogP contribution is -3.15. The number of amides is 2. The zero-order valence-electron chi connectivity index (χ0n) is 15.6. The van der Waals surface area contributed by atoms with Crippen molar-refractivity contribution >= 4 is 17.5 Å². The number of benzene rings is 2. The molecule has 0 heterocycles. The van der Waals surface area contributed by atoms with Crippen LogP contribution >= 0.6 is 0 Å². The van der Waals surface area contributed by atoms with Gasteiger partial charge >= 0.3 is 0 Å². The zero-order valence-corrected chi connectivity index (χ0v) is 15.6. The van der Waals surface area contributed by atoms with Crippen molar-refractivity contribution in [3.8, 4) is 0 Å². The van der Waals surface area contributed by atoms with Crippen LogP contribution in [0, 0.1) is 11.6 Å². The van der Waals surface area contributed by atoms with Crippen molar-refractivity contribution in [3.05, 3.63) is 65.7 Å². The Balaban J connectivity index is 1.88. The van der Waals surface area contributed by atoms with E-state index in [0.29, 0.717) is 16.2 Å². The van der Waals surface area contributed by atoms with Gasteiger partial charge in [0.1, 0.15) is 11.6 Å². The van der Waals surface area contributed by atoms with Gasteiger partial charge < -0.3 is 15.1 Å². The number of halogens is 2. The van der Waals surface area contributed by atoms with Gasteiger partial charge in [0.25, 0.3) is 11.8 Å². The van der Waals surface area contributed by atoms with Crippen molar-refractivity contribution in [1.29, 1.82) is 0 Å². The third-order valence-electron chi connectivity index (χ3n) is 4.36. The van der Waals surface area contributed by atoms with E-state index in [9.17, 15) is 18.4 Å². The Labute approximate surface area is 157 Å². The molecule has 0 saturated heterocycles. The average molecular weight is 376 g/mol. The van der Waals surface area contributed by atoms with E-state index >= 15 is 0 Å². The number of nitrogens with zero attached hydrogens (tertiary/aromatic N) is 1. The third-order valence-corrected chi connectivity index (χ3v) is 4.36. The molecule has 1 unspecified atom stereocenters. The van der Waals surface area contributed by atoms with Crippen molar-refractivity contribution in [3.63, 3.8) is 0 Å². The number of rotatable bonds is 7. The smallest absolute Gasteiger partial charge is 0.280 e. The van der Waals surface area contributed by atoms with E-state index in [4.69, 9.17) is 0 Å². The summed E-state index contributed by atoms with van der Waals surface area (Å²) in [7, 11) is 3.40. The van der Waals surface area contributed by atoms with E-state index in [1.54, 1.807) is 33.2 Å². The second-order valence-corrected chi connectivity index (χ2v) is 6.62. The molecule has 2 N–H and O–H groups in total. The van der Waals surface area contributed by atoms with Crippen molar-refractivity contribution in [1.82, 2.24) is 4.90 Å². The molecule has 2 aromatic carbocycles. The molecule has 5 nitrogen and oxygen atoms in total. The van der Waals surface area contributed by atoms with Crippen LogP contribution in [0.3, 0.4) is 0 Å². The molecule has 144 valence electrons. The highest BCUT2D eigenvalue weighted by Crippen LogP contribution is 2.08. The van der Waals surface area contributed by atoms with Crippen LogP contribution in [0.25, 0.3) is 0 Å². The lowest BCUT2D eigenvalue weighted by atomic mass is 10.2. The molecule has 0 aliphatic heterocycles. The van der Waals surface area contributed by atoms with Gasteiger partial charge in [-0.05, 0) is 48.9 Å². The molecule has 2 rings (SSSR count). The second kappa shape index (κ2) is 9.23. The summed E-state index contributed by atoms with van der Waals surface area (Å²) < 4.78 is 26.2. The van der Waals surface area contributed by atoms with Gasteiger partial charge in [-0.3, -0.25) is 9.59 Å². The topological polar surface area (TPSA) is 53.9 Å². The van der Waals surface area contributed by atoms with Gasteiger partial charge in [-0.1, -0.05) is 12.1 Å². The van der Waals surface area contributed by atoms with Crippen LogP contribution in [0.15, 0.2) is 48.5 Å². The van der Waals surface area contributed by atoms with E-state index in [0.717, 1.165) is 0 Å². The minimum Gasteiger partial charge on any atom is -0.336 e. The van der Waals surface area contributed by atoms with Crippen LogP contribution in [0.4, 0.5) is 14.5 Å². The Kier molecular flexibility index (Phi) is 7.01. The Morgan fingerprint density at radius 1 is 1.11 bits per heavy atom. The number of quaternary nitrogens is 1. The van der Waals surface area contributed by atoms with Gasteiger partial charge in [0.05, 0.1) is 7.05 Å². The molecule has 2 atom stereocenters. The summed E-state index contributed by atoms with van der Waals surface area (Å²) in [6.07, 6.45) is 0. The molecule has 0 fully saturated rings. The van der Waals surface area contributed by atoms with Gasteiger partial charge in [0.15, 0.2) is 12.6 Å². The van der Waals surface area contributed by atoms with Crippen LogP contribution < -0.4 is 10.2 Å². The molecule has 0 radical (unpaired) electrons. The Morgan fingerprint density at radius 3 is 2.41 bits per heavy atom. The number of anilines is 1. The van der Waals surface area contributed by atoms with Gasteiger partial charge in [-0.15, -0.1) is 0 Å². The lowest BCUT2D eigenvalue weighted by molar-refractivity contribution is -0.886. The predicted molar refractivity (Wildman–Crippen MR) is 99.1 cm³/mol. The largest absolute Gasteiger partial charge is 0.336 e. The molecule has 0 spiro atoms. The summed E-state index contributed by atoms with van der Waals surface area (Å²) in [6.45, 7) is 2.11. The Bertz CT molecular complexity index is 796. The quantitative estimate of drug-likeness (QED) is 0.769. The van der Waals surface area contributed by atoms with Crippen molar-refractivity contribution in [2.45, 2.75) is 19.5 Å². The minimum atomic E-state index is -0.456. The highest BCUT2D eigenvalue weighted by Gasteiger charge is 2.26. The van der Waals surface area contributed by atoms with Crippen LogP contribution in [0.1, 0.15) is 12.5 Å². The minimum absolute atomic E-state index is 0.0814. The molecule has 0 saturated carbocycles. The summed E-state index contributed by atoms with van der Waals surface area (Å²) in [6, 6.07) is 11.1. The summed E-state index contributed by atoms with van der Waals surface area (Å²) in [5.74, 6) is -1.14. The lowest BCUT2D eigenvalue weighted by Gasteiger charge is -2.25. The number of nitrogens with one attached hydrogen (secondary N) is 2. The normalized spacial score (nSPS) is 12.9. The monoisotopic (exact) mass is 376 g/mol. The molecular formula is C20H24F2N3O2+. The van der Waals surface area contributed by atoms with Gasteiger partial charge in [-0.2, -0.15) is 0 Å². The van der Waals surface area contributed by atoms with Crippen LogP contribution in [-0.4, -0.2) is 43.4 Å². The first kappa shape index (κ1) is 20.5. The molecule has 2 amide bonds. The van der Waals surface area contributed by atoms with E-state index in [1.807, 2.05) is 0 Å². The molecule has 0 aliphatic carbocycles. The number of carbonyl (C=O) groups excluding carboxylic acids is 2. The SMILES string of the molecule is C[C@H](C(=O)N(C)Cc1cccc(F)c1)[NH+](C)CC(=O)Nc1ccc(F)cc1. The van der Waals surface area contributed by atoms with E-state index in [-0.39, 0.29) is 36.5 Å². The summed E-state index contributed by atoms with van der Waals surface area (Å²) >= 11 is 0. The second-order valence-electron chi connectivity index (χ2n) is 6.62. The fourth-order valence-electron chi connectivity index (χ4n) is 2.67. The van der Waals surface area contributed by atoms with Crippen molar-refractivity contribution in [2.24, 2.45) is 0 Å². The molecule has 0 bridgehead atoms. The average Bonchev–Trinajstić information content (AvgIpc) is 2.62. The third kappa shape index (κ3) is 6.14. The fourth-order valence-corrected chi connectivity index (χ4v) is 2.67.